The van der Waals surface area contributed by atoms with Crippen molar-refractivity contribution < 1.29 is 4.74 Å². The molecule has 0 unspecified atom stereocenters. The van der Waals surface area contributed by atoms with Crippen molar-refractivity contribution in [3.05, 3.63) is 55.7 Å². The average Bonchev–Trinajstić information content (AvgIpc) is 2.27. The minimum absolute atomic E-state index is 0.327. The highest BCUT2D eigenvalue weighted by Gasteiger charge is 2.09. The third-order valence-electron chi connectivity index (χ3n) is 2.11. The maximum absolute atomic E-state index is 6.01. The molecule has 1 aromatic heterocycles. The van der Waals surface area contributed by atoms with Gasteiger partial charge in [0.1, 0.15) is 6.61 Å². The van der Waals surface area contributed by atoms with Crippen molar-refractivity contribution in [2.75, 3.05) is 0 Å². The van der Waals surface area contributed by atoms with Crippen LogP contribution in [-0.4, -0.2) is 4.98 Å². The number of aromatic nitrogens is 1. The summed E-state index contributed by atoms with van der Waals surface area (Å²) < 4.78 is 6.47. The van der Waals surface area contributed by atoms with Gasteiger partial charge in [0.15, 0.2) is 5.75 Å². The summed E-state index contributed by atoms with van der Waals surface area (Å²) in [5.41, 5.74) is 0.909. The second kappa shape index (κ2) is 6.11. The van der Waals surface area contributed by atoms with Crippen LogP contribution in [0.1, 0.15) is 5.56 Å². The summed E-state index contributed by atoms with van der Waals surface area (Å²) in [7, 11) is 0. The van der Waals surface area contributed by atoms with Crippen molar-refractivity contribution in [1.82, 2.24) is 4.98 Å². The summed E-state index contributed by atoms with van der Waals surface area (Å²) in [5.74, 6) is 0.419. The molecule has 2 aromatic rings. The van der Waals surface area contributed by atoms with Crippen LogP contribution in [0.15, 0.2) is 35.1 Å². The normalized spacial score (nSPS) is 10.4. The Morgan fingerprint density at radius 3 is 2.33 bits per heavy atom. The van der Waals surface area contributed by atoms with Gasteiger partial charge in [-0.1, -0.05) is 34.8 Å². The molecule has 0 amide bonds. The Labute approximate surface area is 128 Å². The van der Waals surface area contributed by atoms with Gasteiger partial charge in [0.2, 0.25) is 0 Å². The van der Waals surface area contributed by atoms with Crippen LogP contribution < -0.4 is 4.74 Å². The van der Waals surface area contributed by atoms with E-state index in [4.69, 9.17) is 39.5 Å². The van der Waals surface area contributed by atoms with Crippen molar-refractivity contribution >= 4 is 50.7 Å². The third kappa shape index (κ3) is 3.51. The summed E-state index contributed by atoms with van der Waals surface area (Å²) in [5, 5.41) is 1.24. The fraction of sp³-hybridized carbons (Fsp3) is 0.0833. The highest BCUT2D eigenvalue weighted by Crippen LogP contribution is 2.36. The van der Waals surface area contributed by atoms with Crippen LogP contribution in [0.5, 0.6) is 5.75 Å². The van der Waals surface area contributed by atoms with Gasteiger partial charge in [0.25, 0.3) is 0 Å². The van der Waals surface area contributed by atoms with Crippen LogP contribution in [-0.2, 0) is 6.61 Å². The first kappa shape index (κ1) is 13.9. The molecule has 0 N–H and O–H groups in total. The maximum Gasteiger partial charge on any atom is 0.157 e. The quantitative estimate of drug-likeness (QED) is 0.726. The Morgan fingerprint density at radius 1 is 1.06 bits per heavy atom. The molecule has 0 saturated carbocycles. The largest absolute Gasteiger partial charge is 0.486 e. The lowest BCUT2D eigenvalue weighted by atomic mass is 10.3. The van der Waals surface area contributed by atoms with Crippen LogP contribution in [0.2, 0.25) is 15.1 Å². The van der Waals surface area contributed by atoms with Crippen LogP contribution in [0.3, 0.4) is 0 Å². The summed E-state index contributed by atoms with van der Waals surface area (Å²) in [6.07, 6.45) is 3.41. The topological polar surface area (TPSA) is 22.1 Å². The molecule has 0 bridgehead atoms. The zero-order valence-electron chi connectivity index (χ0n) is 8.96. The van der Waals surface area contributed by atoms with Crippen molar-refractivity contribution in [1.29, 1.82) is 0 Å². The van der Waals surface area contributed by atoms with Gasteiger partial charge in [-0.3, -0.25) is 4.98 Å². The molecule has 1 aromatic carbocycles. The third-order valence-corrected chi connectivity index (χ3v) is 3.32. The molecule has 0 saturated heterocycles. The zero-order chi connectivity index (χ0) is 13.1. The number of hydrogen-bond acceptors (Lipinski definition) is 2. The van der Waals surface area contributed by atoms with E-state index in [0.717, 1.165) is 10.0 Å². The molecule has 0 aliphatic carbocycles. The van der Waals surface area contributed by atoms with E-state index in [9.17, 15) is 0 Å². The number of pyridine rings is 1. The Bertz CT molecular complexity index is 554. The first-order valence-electron chi connectivity index (χ1n) is 4.93. The van der Waals surface area contributed by atoms with Crippen molar-refractivity contribution in [3.8, 4) is 5.75 Å². The van der Waals surface area contributed by atoms with Gasteiger partial charge in [0.05, 0.1) is 10.0 Å². The fourth-order valence-electron chi connectivity index (χ4n) is 1.36. The number of nitrogens with zero attached hydrogens (tertiary/aromatic N) is 1. The molecule has 0 spiro atoms. The van der Waals surface area contributed by atoms with Crippen LogP contribution >= 0.6 is 50.7 Å². The Kier molecular flexibility index (Phi) is 4.73. The van der Waals surface area contributed by atoms with Gasteiger partial charge in [-0.05, 0) is 34.1 Å². The molecular formula is C12H7BrCl3NO. The summed E-state index contributed by atoms with van der Waals surface area (Å²) in [4.78, 5) is 4.04. The van der Waals surface area contributed by atoms with E-state index >= 15 is 0 Å². The fourth-order valence-corrected chi connectivity index (χ4v) is 2.70. The molecule has 18 heavy (non-hydrogen) atoms. The monoisotopic (exact) mass is 365 g/mol. The zero-order valence-corrected chi connectivity index (χ0v) is 12.8. The second-order valence-electron chi connectivity index (χ2n) is 3.50. The smallest absolute Gasteiger partial charge is 0.157 e. The van der Waals surface area contributed by atoms with Gasteiger partial charge in [-0.25, -0.2) is 0 Å². The molecule has 0 atom stereocenters. The summed E-state index contributed by atoms with van der Waals surface area (Å²) in [6, 6.07) is 5.08. The van der Waals surface area contributed by atoms with Gasteiger partial charge < -0.3 is 4.74 Å². The predicted octanol–water partition coefficient (Wildman–Crippen LogP) is 5.38. The number of halogens is 4. The minimum Gasteiger partial charge on any atom is -0.486 e. The standard InChI is InChI=1S/C12H7BrCl3NO/c13-8-1-7(4-17-5-8)6-18-12-10(15)2-9(14)3-11(12)16/h1-5H,6H2. The summed E-state index contributed by atoms with van der Waals surface area (Å²) >= 11 is 21.2. The predicted molar refractivity (Wildman–Crippen MR) is 77.7 cm³/mol. The van der Waals surface area contributed by atoms with Gasteiger partial charge in [-0.2, -0.15) is 0 Å². The minimum atomic E-state index is 0.327. The van der Waals surface area contributed by atoms with Crippen molar-refractivity contribution in [2.45, 2.75) is 6.61 Å². The van der Waals surface area contributed by atoms with Gasteiger partial charge in [0, 0.05) is 27.5 Å². The van der Waals surface area contributed by atoms with Crippen LogP contribution in [0.4, 0.5) is 0 Å². The summed E-state index contributed by atoms with van der Waals surface area (Å²) in [6.45, 7) is 0.327. The highest BCUT2D eigenvalue weighted by molar-refractivity contribution is 9.10. The lowest BCUT2D eigenvalue weighted by Gasteiger charge is -2.10. The van der Waals surface area contributed by atoms with E-state index in [1.54, 1.807) is 24.5 Å². The van der Waals surface area contributed by atoms with Crippen LogP contribution in [0.25, 0.3) is 0 Å². The number of rotatable bonds is 3. The molecule has 0 fully saturated rings. The van der Waals surface area contributed by atoms with Crippen LogP contribution in [0, 0.1) is 0 Å². The molecule has 0 aliphatic rings. The van der Waals surface area contributed by atoms with E-state index in [-0.39, 0.29) is 0 Å². The Balaban J connectivity index is 2.16. The molecule has 6 heteroatoms. The van der Waals surface area contributed by atoms with Crippen molar-refractivity contribution in [3.63, 3.8) is 0 Å². The Morgan fingerprint density at radius 2 is 1.72 bits per heavy atom. The lowest BCUT2D eigenvalue weighted by Crippen LogP contribution is -1.97. The van der Waals surface area contributed by atoms with Crippen molar-refractivity contribution in [2.24, 2.45) is 0 Å². The highest BCUT2D eigenvalue weighted by atomic mass is 79.9. The first-order valence-corrected chi connectivity index (χ1v) is 6.85. The number of ether oxygens (including phenoxy) is 1. The molecule has 0 radical (unpaired) electrons. The lowest BCUT2D eigenvalue weighted by molar-refractivity contribution is 0.306. The molecule has 1 heterocycles. The number of hydrogen-bond donors (Lipinski definition) is 0. The van der Waals surface area contributed by atoms with E-state index in [0.29, 0.717) is 27.4 Å². The number of benzene rings is 1. The molecular weight excluding hydrogens is 360 g/mol. The molecule has 0 aliphatic heterocycles. The van der Waals surface area contributed by atoms with Gasteiger partial charge in [-0.15, -0.1) is 0 Å². The van der Waals surface area contributed by atoms with E-state index in [1.165, 1.54) is 0 Å². The first-order chi connectivity index (χ1) is 8.56. The SMILES string of the molecule is Clc1cc(Cl)c(OCc2cncc(Br)c2)c(Cl)c1. The molecule has 2 rings (SSSR count). The molecule has 94 valence electrons. The Hall–Kier alpha value is -0.480. The van der Waals surface area contributed by atoms with Gasteiger partial charge >= 0.3 is 0 Å². The maximum atomic E-state index is 6.01. The van der Waals surface area contributed by atoms with E-state index in [2.05, 4.69) is 20.9 Å². The van der Waals surface area contributed by atoms with E-state index in [1.807, 2.05) is 6.07 Å². The van der Waals surface area contributed by atoms with E-state index < -0.39 is 0 Å². The second-order valence-corrected chi connectivity index (χ2v) is 5.67. The molecule has 2 nitrogen and oxygen atoms in total. The average molecular weight is 367 g/mol.